The highest BCUT2D eigenvalue weighted by Gasteiger charge is 2.36. The van der Waals surface area contributed by atoms with Crippen LogP contribution in [0.2, 0.25) is 0 Å². The molecule has 0 fully saturated rings. The van der Waals surface area contributed by atoms with Gasteiger partial charge in [0.05, 0.1) is 46.0 Å². The highest BCUT2D eigenvalue weighted by Crippen LogP contribution is 2.52. The van der Waals surface area contributed by atoms with Gasteiger partial charge in [0.15, 0.2) is 0 Å². The van der Waals surface area contributed by atoms with Crippen LogP contribution in [-0.2, 0) is 5.41 Å². The number of benzene rings is 3. The fourth-order valence-electron chi connectivity index (χ4n) is 5.59. The van der Waals surface area contributed by atoms with Gasteiger partial charge in [-0.3, -0.25) is 4.98 Å². The van der Waals surface area contributed by atoms with Crippen LogP contribution in [0.5, 0.6) is 0 Å². The minimum absolute atomic E-state index is 0.0846. The van der Waals surface area contributed by atoms with E-state index in [4.69, 9.17) is 4.98 Å². The molecule has 6 aromatic rings. The molecule has 0 unspecified atom stereocenters. The predicted molar refractivity (Wildman–Crippen MR) is 141 cm³/mol. The van der Waals surface area contributed by atoms with E-state index >= 15 is 0 Å². The molecule has 0 radical (unpaired) electrons. The van der Waals surface area contributed by atoms with E-state index in [-0.39, 0.29) is 5.41 Å². The van der Waals surface area contributed by atoms with E-state index in [1.807, 2.05) is 24.7 Å². The van der Waals surface area contributed by atoms with E-state index in [2.05, 4.69) is 106 Å². The molecule has 0 saturated heterocycles. The van der Waals surface area contributed by atoms with Crippen molar-refractivity contribution in [3.05, 3.63) is 115 Å². The number of fused-ring (bicyclic) bond motifs is 5. The smallest absolute Gasteiger partial charge is 0.115 e. The van der Waals surface area contributed by atoms with E-state index in [1.165, 1.54) is 22.5 Å². The molecule has 0 atom stereocenters. The SMILES string of the molecule is CC1(C)c2ccccc2N(c2ccc3c(c2)c2ncccc2n3-c2cncnc2)c2ccccc21. The molecule has 1 aliphatic rings. The topological polar surface area (TPSA) is 46.8 Å². The Morgan fingerprint density at radius 2 is 1.37 bits per heavy atom. The van der Waals surface area contributed by atoms with Crippen molar-refractivity contribution in [2.75, 3.05) is 4.90 Å². The van der Waals surface area contributed by atoms with E-state index in [0.29, 0.717) is 0 Å². The van der Waals surface area contributed by atoms with Crippen LogP contribution in [-0.4, -0.2) is 19.5 Å². The maximum atomic E-state index is 4.77. The van der Waals surface area contributed by atoms with Crippen molar-refractivity contribution in [2.24, 2.45) is 0 Å². The molecule has 0 saturated carbocycles. The highest BCUT2D eigenvalue weighted by atomic mass is 15.2. The summed E-state index contributed by atoms with van der Waals surface area (Å²) in [5, 5.41) is 1.10. The van der Waals surface area contributed by atoms with Crippen LogP contribution in [0, 0.1) is 0 Å². The van der Waals surface area contributed by atoms with Gasteiger partial charge in [-0.25, -0.2) is 9.97 Å². The van der Waals surface area contributed by atoms with Crippen molar-refractivity contribution in [3.63, 3.8) is 0 Å². The zero-order chi connectivity index (χ0) is 23.6. The number of pyridine rings is 1. The summed E-state index contributed by atoms with van der Waals surface area (Å²) in [5.41, 5.74) is 10.1. The van der Waals surface area contributed by atoms with Crippen molar-refractivity contribution in [1.29, 1.82) is 0 Å². The number of hydrogen-bond acceptors (Lipinski definition) is 4. The lowest BCUT2D eigenvalue weighted by Crippen LogP contribution is -2.30. The third-order valence-corrected chi connectivity index (χ3v) is 7.20. The van der Waals surface area contributed by atoms with Crippen LogP contribution < -0.4 is 4.90 Å². The predicted octanol–water partition coefficient (Wildman–Crippen LogP) is 7.08. The number of hydrogen-bond donors (Lipinski definition) is 0. The third-order valence-electron chi connectivity index (χ3n) is 7.20. The van der Waals surface area contributed by atoms with Gasteiger partial charge in [0, 0.05) is 22.7 Å². The first-order chi connectivity index (χ1) is 17.1. The van der Waals surface area contributed by atoms with Gasteiger partial charge in [-0.05, 0) is 53.6 Å². The van der Waals surface area contributed by atoms with E-state index in [9.17, 15) is 0 Å². The average molecular weight is 454 g/mol. The lowest BCUT2D eigenvalue weighted by Gasteiger charge is -2.42. The van der Waals surface area contributed by atoms with E-state index in [0.717, 1.165) is 33.3 Å². The van der Waals surface area contributed by atoms with Crippen LogP contribution in [0.25, 0.3) is 27.6 Å². The Morgan fingerprint density at radius 1 is 0.686 bits per heavy atom. The number of anilines is 3. The molecule has 168 valence electrons. The van der Waals surface area contributed by atoms with Gasteiger partial charge in [-0.2, -0.15) is 0 Å². The lowest BCUT2D eigenvalue weighted by molar-refractivity contribution is 0.632. The van der Waals surface area contributed by atoms with Gasteiger partial charge in [0.25, 0.3) is 0 Å². The van der Waals surface area contributed by atoms with E-state index < -0.39 is 0 Å². The summed E-state index contributed by atoms with van der Waals surface area (Å²) >= 11 is 0. The monoisotopic (exact) mass is 453 g/mol. The minimum Gasteiger partial charge on any atom is -0.310 e. The molecular weight excluding hydrogens is 430 g/mol. The summed E-state index contributed by atoms with van der Waals surface area (Å²) in [6, 6.07) is 28.2. The zero-order valence-electron chi connectivity index (χ0n) is 19.6. The number of nitrogens with zero attached hydrogens (tertiary/aromatic N) is 5. The highest BCUT2D eigenvalue weighted by molar-refractivity contribution is 6.08. The summed E-state index contributed by atoms with van der Waals surface area (Å²) < 4.78 is 2.18. The van der Waals surface area contributed by atoms with Gasteiger partial charge in [-0.15, -0.1) is 0 Å². The van der Waals surface area contributed by atoms with Crippen LogP contribution in [0.1, 0.15) is 25.0 Å². The third kappa shape index (κ3) is 2.78. The Morgan fingerprint density at radius 3 is 2.09 bits per heavy atom. The normalized spacial score (nSPS) is 14.2. The van der Waals surface area contributed by atoms with Crippen molar-refractivity contribution >= 4 is 39.0 Å². The summed E-state index contributed by atoms with van der Waals surface area (Å²) in [6.45, 7) is 4.62. The first kappa shape index (κ1) is 19.9. The first-order valence-corrected chi connectivity index (χ1v) is 11.8. The van der Waals surface area contributed by atoms with Crippen LogP contribution >= 0.6 is 0 Å². The Labute approximate surface area is 203 Å². The maximum absolute atomic E-state index is 4.77. The Bertz CT molecular complexity index is 1680. The molecule has 0 bridgehead atoms. The molecule has 5 heteroatoms. The average Bonchev–Trinajstić information content (AvgIpc) is 3.23. The summed E-state index contributed by atoms with van der Waals surface area (Å²) in [6.07, 6.45) is 7.09. The van der Waals surface area contributed by atoms with Gasteiger partial charge in [0.1, 0.15) is 6.33 Å². The van der Waals surface area contributed by atoms with Crippen LogP contribution in [0.3, 0.4) is 0 Å². The lowest BCUT2D eigenvalue weighted by atomic mass is 9.73. The second-order valence-corrected chi connectivity index (χ2v) is 9.50. The largest absolute Gasteiger partial charge is 0.310 e. The molecule has 0 amide bonds. The number of para-hydroxylation sites is 2. The Hall–Kier alpha value is -4.51. The standard InChI is InChI=1S/C30H23N5/c1-30(2)23-8-3-5-10-26(23)34(27-11-6-4-9-24(27)30)20-13-14-25-22(16-20)29-28(12-7-15-33-29)35(25)21-17-31-19-32-18-21/h3-19H,1-2H3. The van der Waals surface area contributed by atoms with Crippen LogP contribution in [0.15, 0.2) is 104 Å². The minimum atomic E-state index is -0.0846. The van der Waals surface area contributed by atoms with Crippen molar-refractivity contribution in [2.45, 2.75) is 19.3 Å². The van der Waals surface area contributed by atoms with Crippen LogP contribution in [0.4, 0.5) is 17.1 Å². The number of rotatable bonds is 2. The van der Waals surface area contributed by atoms with Gasteiger partial charge < -0.3 is 9.47 Å². The first-order valence-electron chi connectivity index (χ1n) is 11.8. The Balaban J connectivity index is 1.52. The molecule has 0 N–H and O–H groups in total. The maximum Gasteiger partial charge on any atom is 0.115 e. The zero-order valence-corrected chi connectivity index (χ0v) is 19.6. The number of aromatic nitrogens is 4. The van der Waals surface area contributed by atoms with Crippen molar-refractivity contribution in [3.8, 4) is 5.69 Å². The van der Waals surface area contributed by atoms with Gasteiger partial charge in [-0.1, -0.05) is 50.2 Å². The summed E-state index contributed by atoms with van der Waals surface area (Å²) in [7, 11) is 0. The molecule has 4 heterocycles. The summed E-state index contributed by atoms with van der Waals surface area (Å²) in [5.74, 6) is 0. The fraction of sp³-hybridized carbons (Fsp3) is 0.100. The second kappa shape index (κ2) is 7.24. The molecule has 7 rings (SSSR count). The van der Waals surface area contributed by atoms with Gasteiger partial charge >= 0.3 is 0 Å². The molecule has 1 aliphatic heterocycles. The summed E-state index contributed by atoms with van der Waals surface area (Å²) in [4.78, 5) is 15.7. The molecule has 0 aliphatic carbocycles. The Kier molecular flexibility index (Phi) is 4.12. The molecule has 5 nitrogen and oxygen atoms in total. The quantitative estimate of drug-likeness (QED) is 0.281. The van der Waals surface area contributed by atoms with Crippen molar-refractivity contribution in [1.82, 2.24) is 19.5 Å². The van der Waals surface area contributed by atoms with Crippen molar-refractivity contribution < 1.29 is 0 Å². The molecule has 0 spiro atoms. The van der Waals surface area contributed by atoms with E-state index in [1.54, 1.807) is 6.33 Å². The molecule has 35 heavy (non-hydrogen) atoms. The molecule has 3 aromatic heterocycles. The molecule has 3 aromatic carbocycles. The fourth-order valence-corrected chi connectivity index (χ4v) is 5.59. The second-order valence-electron chi connectivity index (χ2n) is 9.50. The molecular formula is C30H23N5. The van der Waals surface area contributed by atoms with Gasteiger partial charge in [0.2, 0.25) is 0 Å².